The summed E-state index contributed by atoms with van der Waals surface area (Å²) >= 11 is 0. The van der Waals surface area contributed by atoms with E-state index in [-0.39, 0.29) is 0 Å². The van der Waals surface area contributed by atoms with Crippen molar-refractivity contribution in [2.24, 2.45) is 0 Å². The van der Waals surface area contributed by atoms with Crippen LogP contribution in [0.15, 0.2) is 42.5 Å². The minimum Gasteiger partial charge on any atom is -0.166 e. The van der Waals surface area contributed by atoms with Crippen LogP contribution in [-0.2, 0) is 19.0 Å². The normalized spacial score (nSPS) is 11.8. The average Bonchev–Trinajstić information content (AvgIpc) is 2.66. The van der Waals surface area contributed by atoms with Crippen LogP contribution in [0.3, 0.4) is 0 Å². The topological polar surface area (TPSA) is 0 Å². The molecule has 0 fully saturated rings. The van der Waals surface area contributed by atoms with Crippen LogP contribution in [0.5, 0.6) is 0 Å². The summed E-state index contributed by atoms with van der Waals surface area (Å²) in [6.07, 6.45) is -3.02. The zero-order valence-electron chi connectivity index (χ0n) is 18.6. The van der Waals surface area contributed by atoms with Gasteiger partial charge in [-0.05, 0) is 110 Å². The Balaban J connectivity index is 1.96. The number of hydrogen-bond donors (Lipinski definition) is 0. The number of hydrogen-bond acceptors (Lipinski definition) is 0. The molecule has 0 nitrogen and oxygen atoms in total. The molecule has 0 aliphatic rings. The van der Waals surface area contributed by atoms with Crippen molar-refractivity contribution in [2.45, 2.75) is 60.6 Å². The molecule has 3 aromatic rings. The van der Waals surface area contributed by atoms with Gasteiger partial charge in [0.05, 0.1) is 5.56 Å². The lowest BCUT2D eigenvalue weighted by atomic mass is 9.88. The van der Waals surface area contributed by atoms with E-state index < -0.39 is 11.7 Å². The van der Waals surface area contributed by atoms with Gasteiger partial charge in [-0.2, -0.15) is 13.2 Å². The Morgan fingerprint density at radius 3 is 1.80 bits per heavy atom. The smallest absolute Gasteiger partial charge is 0.166 e. The molecule has 0 heterocycles. The third-order valence-corrected chi connectivity index (χ3v) is 6.50. The summed E-state index contributed by atoms with van der Waals surface area (Å²) in [5.41, 5.74) is 9.00. The lowest BCUT2D eigenvalue weighted by Crippen LogP contribution is -2.13. The highest BCUT2D eigenvalue weighted by molar-refractivity contribution is 5.72. The zero-order valence-corrected chi connectivity index (χ0v) is 18.6. The third-order valence-electron chi connectivity index (χ3n) is 6.50. The van der Waals surface area contributed by atoms with Crippen LogP contribution in [0.25, 0.3) is 11.1 Å². The van der Waals surface area contributed by atoms with Gasteiger partial charge in [0.1, 0.15) is 0 Å². The Hall–Kier alpha value is -2.55. The molecule has 0 unspecified atom stereocenters. The van der Waals surface area contributed by atoms with Gasteiger partial charge in [-0.15, -0.1) is 0 Å². The van der Waals surface area contributed by atoms with E-state index in [1.54, 1.807) is 20.8 Å². The summed E-state index contributed by atoms with van der Waals surface area (Å²) < 4.78 is 40.8. The predicted octanol–water partition coefficient (Wildman–Crippen LogP) is 8.01. The molecule has 0 radical (unpaired) electrons. The van der Waals surface area contributed by atoms with E-state index in [9.17, 15) is 13.2 Å². The van der Waals surface area contributed by atoms with E-state index in [0.29, 0.717) is 29.5 Å². The first-order chi connectivity index (χ1) is 14.0. The van der Waals surface area contributed by atoms with Gasteiger partial charge in [0, 0.05) is 0 Å². The van der Waals surface area contributed by atoms with E-state index in [1.807, 2.05) is 12.1 Å². The lowest BCUT2D eigenvalue weighted by molar-refractivity contribution is -0.138. The summed E-state index contributed by atoms with van der Waals surface area (Å²) in [6.45, 7) is 11.3. The van der Waals surface area contributed by atoms with E-state index in [2.05, 4.69) is 51.1 Å². The second-order valence-electron chi connectivity index (χ2n) is 8.31. The monoisotopic (exact) mass is 410 g/mol. The first-order valence-electron chi connectivity index (χ1n) is 10.3. The van der Waals surface area contributed by atoms with E-state index >= 15 is 0 Å². The van der Waals surface area contributed by atoms with Crippen molar-refractivity contribution in [1.29, 1.82) is 0 Å². The fraction of sp³-hybridized carbons (Fsp3) is 0.333. The summed E-state index contributed by atoms with van der Waals surface area (Å²) in [6, 6.07) is 14.5. The van der Waals surface area contributed by atoms with Crippen molar-refractivity contribution >= 4 is 0 Å². The third kappa shape index (κ3) is 4.16. The van der Waals surface area contributed by atoms with Gasteiger partial charge in [-0.25, -0.2) is 0 Å². The molecular formula is C27H29F3. The minimum atomic E-state index is -4.33. The van der Waals surface area contributed by atoms with Crippen molar-refractivity contribution < 1.29 is 13.2 Å². The molecule has 30 heavy (non-hydrogen) atoms. The number of rotatable bonds is 4. The molecule has 0 saturated carbocycles. The fourth-order valence-corrected chi connectivity index (χ4v) is 4.36. The Bertz CT molecular complexity index is 1090. The van der Waals surface area contributed by atoms with Crippen molar-refractivity contribution in [3.63, 3.8) is 0 Å². The maximum Gasteiger partial charge on any atom is 0.416 e. The highest BCUT2D eigenvalue weighted by Crippen LogP contribution is 2.37. The molecule has 0 atom stereocenters. The van der Waals surface area contributed by atoms with Crippen LogP contribution in [0.2, 0.25) is 0 Å². The van der Waals surface area contributed by atoms with Crippen LogP contribution < -0.4 is 0 Å². The molecule has 0 aliphatic carbocycles. The van der Waals surface area contributed by atoms with Crippen molar-refractivity contribution in [2.75, 3.05) is 0 Å². The lowest BCUT2D eigenvalue weighted by Gasteiger charge is -2.20. The molecule has 0 N–H and O–H groups in total. The molecule has 0 saturated heterocycles. The molecule has 0 aromatic heterocycles. The van der Waals surface area contributed by atoms with E-state index in [0.717, 1.165) is 5.56 Å². The molecule has 3 aromatic carbocycles. The molecular weight excluding hydrogens is 381 g/mol. The van der Waals surface area contributed by atoms with Gasteiger partial charge < -0.3 is 0 Å². The van der Waals surface area contributed by atoms with E-state index in [4.69, 9.17) is 0 Å². The highest BCUT2D eigenvalue weighted by Gasteiger charge is 2.35. The summed E-state index contributed by atoms with van der Waals surface area (Å²) in [7, 11) is 0. The standard InChI is InChI=1S/C27H29F3/c1-16-9-7-11-24(18(16)3)25-12-8-10-22(20(25)5)13-14-23-15-17(2)19(4)26(21(23)6)27(28,29)30/h7-12,15H,13-14H2,1-6H3. The first-order valence-corrected chi connectivity index (χ1v) is 10.3. The van der Waals surface area contributed by atoms with Crippen molar-refractivity contribution in [3.8, 4) is 11.1 Å². The number of halogens is 3. The molecule has 158 valence electrons. The van der Waals surface area contributed by atoms with Gasteiger partial charge in [0.25, 0.3) is 0 Å². The Labute approximate surface area is 177 Å². The molecule has 0 aliphatic heterocycles. The Morgan fingerprint density at radius 1 is 0.600 bits per heavy atom. The largest absolute Gasteiger partial charge is 0.416 e. The van der Waals surface area contributed by atoms with Gasteiger partial charge in [-0.1, -0.05) is 42.5 Å². The molecule has 0 spiro atoms. The van der Waals surface area contributed by atoms with Crippen LogP contribution in [-0.4, -0.2) is 0 Å². The summed E-state index contributed by atoms with van der Waals surface area (Å²) in [5, 5.41) is 0. The van der Waals surface area contributed by atoms with Gasteiger partial charge in [0.2, 0.25) is 0 Å². The summed E-state index contributed by atoms with van der Waals surface area (Å²) in [5.74, 6) is 0. The van der Waals surface area contributed by atoms with Crippen LogP contribution in [0.4, 0.5) is 13.2 Å². The fourth-order valence-electron chi connectivity index (χ4n) is 4.36. The van der Waals surface area contributed by atoms with Crippen LogP contribution >= 0.6 is 0 Å². The Kier molecular flexibility index (Phi) is 6.12. The Morgan fingerprint density at radius 2 is 1.17 bits per heavy atom. The first kappa shape index (κ1) is 22.1. The number of benzene rings is 3. The molecule has 0 amide bonds. The van der Waals surface area contributed by atoms with Crippen molar-refractivity contribution in [1.82, 2.24) is 0 Å². The maximum atomic E-state index is 13.6. The molecule has 3 heteroatoms. The van der Waals surface area contributed by atoms with Gasteiger partial charge >= 0.3 is 6.18 Å². The van der Waals surface area contributed by atoms with Crippen LogP contribution in [0.1, 0.15) is 50.1 Å². The maximum absolute atomic E-state index is 13.6. The van der Waals surface area contributed by atoms with Gasteiger partial charge in [0.15, 0.2) is 0 Å². The van der Waals surface area contributed by atoms with Crippen LogP contribution in [0, 0.1) is 41.5 Å². The second-order valence-corrected chi connectivity index (χ2v) is 8.31. The highest BCUT2D eigenvalue weighted by atomic mass is 19.4. The number of alkyl halides is 3. The quantitative estimate of drug-likeness (QED) is 0.409. The molecule has 3 rings (SSSR count). The predicted molar refractivity (Wildman–Crippen MR) is 119 cm³/mol. The SMILES string of the molecule is Cc1cccc(-c2cccc(CCc3cc(C)c(C)c(C(F)(F)F)c3C)c2C)c1C. The molecule has 0 bridgehead atoms. The minimum absolute atomic E-state index is 0.330. The second kappa shape index (κ2) is 8.29. The van der Waals surface area contributed by atoms with Gasteiger partial charge in [-0.3, -0.25) is 0 Å². The van der Waals surface area contributed by atoms with Crippen molar-refractivity contribution in [3.05, 3.63) is 92.5 Å². The summed E-state index contributed by atoms with van der Waals surface area (Å²) in [4.78, 5) is 0. The van der Waals surface area contributed by atoms with E-state index in [1.165, 1.54) is 33.4 Å². The zero-order chi connectivity index (χ0) is 22.2. The average molecular weight is 411 g/mol. The number of aryl methyl sites for hydroxylation is 4.